The minimum Gasteiger partial charge on any atom is -0.298 e. The highest BCUT2D eigenvalue weighted by Gasteiger charge is 2.20. The number of nitrogens with zero attached hydrogens (tertiary/aromatic N) is 1. The van der Waals surface area contributed by atoms with Crippen molar-refractivity contribution in [1.82, 2.24) is 4.98 Å². The molecule has 0 N–H and O–H groups in total. The molecule has 0 saturated carbocycles. The van der Waals surface area contributed by atoms with Crippen molar-refractivity contribution in [2.45, 2.75) is 12.3 Å². The molecule has 14 heavy (non-hydrogen) atoms. The lowest BCUT2D eigenvalue weighted by Crippen LogP contribution is -2.02. The number of hydrogen-bond acceptors (Lipinski definition) is 2. The molecule has 0 spiro atoms. The molecule has 0 aliphatic rings. The van der Waals surface area contributed by atoms with Gasteiger partial charge in [0, 0.05) is 16.2 Å². The van der Waals surface area contributed by atoms with Gasteiger partial charge in [-0.05, 0) is 15.9 Å². The maximum absolute atomic E-state index is 12.6. The Hall–Kier alpha value is -0.550. The molecule has 1 aromatic rings. The zero-order valence-corrected chi connectivity index (χ0v) is 9.15. The zero-order valence-electron chi connectivity index (χ0n) is 6.81. The first-order valence-electron chi connectivity index (χ1n) is 3.58. The summed E-state index contributed by atoms with van der Waals surface area (Å²) in [7, 11) is 0. The average Bonchev–Trinajstić information content (AvgIpc) is 2.17. The Kier molecular flexibility index (Phi) is 3.95. The number of carbonyl (C=O) groups is 1. The van der Waals surface area contributed by atoms with Gasteiger partial charge in [0.1, 0.15) is 0 Å². The summed E-state index contributed by atoms with van der Waals surface area (Å²) in [6, 6.07) is 0. The van der Waals surface area contributed by atoms with Gasteiger partial charge in [0.2, 0.25) is 0 Å². The molecule has 2 nitrogen and oxygen atoms in total. The Labute approximate surface area is 92.4 Å². The second kappa shape index (κ2) is 4.79. The molecule has 0 atom stereocenters. The lowest BCUT2D eigenvalue weighted by Gasteiger charge is -2.09. The number of alkyl halides is 3. The minimum absolute atomic E-state index is 0.0342. The van der Waals surface area contributed by atoms with E-state index in [1.54, 1.807) is 0 Å². The van der Waals surface area contributed by atoms with Gasteiger partial charge in [0.05, 0.1) is 17.1 Å². The Balaban J connectivity index is 3.43. The molecular formula is C8H5BrClF2NO. The van der Waals surface area contributed by atoms with Crippen molar-refractivity contribution >= 4 is 33.8 Å². The van der Waals surface area contributed by atoms with Crippen molar-refractivity contribution in [1.29, 1.82) is 0 Å². The molecule has 1 heterocycles. The lowest BCUT2D eigenvalue weighted by molar-refractivity contribution is 0.110. The normalized spacial score (nSPS) is 10.6. The number of aromatic nitrogens is 1. The van der Waals surface area contributed by atoms with Crippen molar-refractivity contribution in [2.24, 2.45) is 0 Å². The average molecular weight is 284 g/mol. The summed E-state index contributed by atoms with van der Waals surface area (Å²) in [6.45, 7) is 0. The van der Waals surface area contributed by atoms with Gasteiger partial charge in [-0.25, -0.2) is 8.78 Å². The van der Waals surface area contributed by atoms with Crippen LogP contribution in [-0.2, 0) is 5.88 Å². The topological polar surface area (TPSA) is 30.0 Å². The van der Waals surface area contributed by atoms with Gasteiger partial charge < -0.3 is 0 Å². The number of hydrogen-bond donors (Lipinski definition) is 0. The predicted molar refractivity (Wildman–Crippen MR) is 51.8 cm³/mol. The van der Waals surface area contributed by atoms with Crippen LogP contribution in [0.5, 0.6) is 0 Å². The van der Waals surface area contributed by atoms with Gasteiger partial charge in [-0.2, -0.15) is 0 Å². The van der Waals surface area contributed by atoms with E-state index in [-0.39, 0.29) is 21.6 Å². The van der Waals surface area contributed by atoms with Gasteiger partial charge in [-0.15, -0.1) is 11.6 Å². The third-order valence-corrected chi connectivity index (χ3v) is 2.54. The van der Waals surface area contributed by atoms with Gasteiger partial charge in [-0.3, -0.25) is 9.78 Å². The second-order valence-electron chi connectivity index (χ2n) is 2.43. The van der Waals surface area contributed by atoms with E-state index in [2.05, 4.69) is 20.9 Å². The van der Waals surface area contributed by atoms with Crippen molar-refractivity contribution in [3.63, 3.8) is 0 Å². The second-order valence-corrected chi connectivity index (χ2v) is 3.55. The van der Waals surface area contributed by atoms with Crippen LogP contribution in [0.2, 0.25) is 0 Å². The van der Waals surface area contributed by atoms with Crippen molar-refractivity contribution < 1.29 is 13.6 Å². The number of rotatable bonds is 3. The fourth-order valence-electron chi connectivity index (χ4n) is 1.03. The maximum Gasteiger partial charge on any atom is 0.266 e. The number of pyridine rings is 1. The molecule has 0 amide bonds. The molecule has 0 aliphatic heterocycles. The highest BCUT2D eigenvalue weighted by atomic mass is 79.9. The molecule has 6 heteroatoms. The first-order chi connectivity index (χ1) is 6.61. The van der Waals surface area contributed by atoms with Crippen LogP contribution < -0.4 is 0 Å². The summed E-state index contributed by atoms with van der Waals surface area (Å²) in [5.74, 6) is -0.145. The first-order valence-corrected chi connectivity index (χ1v) is 4.91. The molecule has 0 fully saturated rings. The molecule has 0 unspecified atom stereocenters. The third kappa shape index (κ3) is 2.09. The Bertz CT molecular complexity index is 359. The SMILES string of the molecule is O=Cc1c(Br)cnc(CCl)c1C(F)F. The Morgan fingerprint density at radius 2 is 2.29 bits per heavy atom. The van der Waals surface area contributed by atoms with Crippen LogP contribution in [0, 0.1) is 0 Å². The van der Waals surface area contributed by atoms with Gasteiger partial charge in [0.25, 0.3) is 6.43 Å². The van der Waals surface area contributed by atoms with E-state index in [0.717, 1.165) is 0 Å². The fourth-order valence-corrected chi connectivity index (χ4v) is 1.65. The van der Waals surface area contributed by atoms with Crippen LogP contribution >= 0.6 is 27.5 Å². The molecule has 1 rings (SSSR count). The summed E-state index contributed by atoms with van der Waals surface area (Å²) >= 11 is 8.40. The standard InChI is InChI=1S/C8H5BrClF2NO/c9-5-2-13-6(1-10)7(8(11)12)4(5)3-14/h2-3,8H,1H2. The van der Waals surface area contributed by atoms with E-state index in [1.807, 2.05) is 0 Å². The van der Waals surface area contributed by atoms with Crippen LogP contribution in [0.15, 0.2) is 10.7 Å². The van der Waals surface area contributed by atoms with Crippen molar-refractivity contribution in [2.75, 3.05) is 0 Å². The summed E-state index contributed by atoms with van der Waals surface area (Å²) in [6.07, 6.45) is -1.11. The Morgan fingerprint density at radius 3 is 2.71 bits per heavy atom. The molecule has 0 bridgehead atoms. The summed E-state index contributed by atoms with van der Waals surface area (Å²) in [5.41, 5.74) is -0.456. The first kappa shape index (κ1) is 11.5. The Morgan fingerprint density at radius 1 is 1.64 bits per heavy atom. The number of carbonyl (C=O) groups excluding carboxylic acids is 1. The van der Waals surface area contributed by atoms with Gasteiger partial charge in [-0.1, -0.05) is 0 Å². The quantitative estimate of drug-likeness (QED) is 0.629. The van der Waals surface area contributed by atoms with Gasteiger partial charge >= 0.3 is 0 Å². The summed E-state index contributed by atoms with van der Waals surface area (Å²) in [5, 5.41) is 0. The van der Waals surface area contributed by atoms with Crippen LogP contribution in [-0.4, -0.2) is 11.3 Å². The third-order valence-electron chi connectivity index (χ3n) is 1.65. The summed E-state index contributed by atoms with van der Waals surface area (Å²) < 4.78 is 25.4. The zero-order chi connectivity index (χ0) is 10.7. The molecule has 0 saturated heterocycles. The number of aldehydes is 1. The molecule has 0 aromatic carbocycles. The summed E-state index contributed by atoms with van der Waals surface area (Å²) in [4.78, 5) is 14.3. The van der Waals surface area contributed by atoms with Crippen LogP contribution in [0.4, 0.5) is 8.78 Å². The van der Waals surface area contributed by atoms with Crippen LogP contribution in [0.25, 0.3) is 0 Å². The smallest absolute Gasteiger partial charge is 0.266 e. The monoisotopic (exact) mass is 283 g/mol. The van der Waals surface area contributed by atoms with E-state index in [4.69, 9.17) is 11.6 Å². The van der Waals surface area contributed by atoms with E-state index < -0.39 is 12.0 Å². The van der Waals surface area contributed by atoms with E-state index in [1.165, 1.54) is 6.20 Å². The van der Waals surface area contributed by atoms with E-state index in [9.17, 15) is 13.6 Å². The largest absolute Gasteiger partial charge is 0.298 e. The highest BCUT2D eigenvalue weighted by molar-refractivity contribution is 9.10. The van der Waals surface area contributed by atoms with E-state index >= 15 is 0 Å². The van der Waals surface area contributed by atoms with Crippen LogP contribution in [0.1, 0.15) is 28.0 Å². The molecule has 0 aliphatic carbocycles. The lowest BCUT2D eigenvalue weighted by atomic mass is 10.1. The molecular weight excluding hydrogens is 279 g/mol. The van der Waals surface area contributed by atoms with Gasteiger partial charge in [0.15, 0.2) is 6.29 Å². The van der Waals surface area contributed by atoms with Crippen molar-refractivity contribution in [3.05, 3.63) is 27.5 Å². The molecule has 76 valence electrons. The molecule has 0 radical (unpaired) electrons. The predicted octanol–water partition coefficient (Wildman–Crippen LogP) is 3.33. The fraction of sp³-hybridized carbons (Fsp3) is 0.250. The molecule has 1 aromatic heterocycles. The maximum atomic E-state index is 12.6. The van der Waals surface area contributed by atoms with E-state index in [0.29, 0.717) is 6.29 Å². The minimum atomic E-state index is -2.76. The highest BCUT2D eigenvalue weighted by Crippen LogP contribution is 2.29. The van der Waals surface area contributed by atoms with Crippen molar-refractivity contribution in [3.8, 4) is 0 Å². The van der Waals surface area contributed by atoms with Crippen LogP contribution in [0.3, 0.4) is 0 Å². The number of halogens is 4.